The van der Waals surface area contributed by atoms with Crippen molar-refractivity contribution in [2.24, 2.45) is 5.92 Å². The van der Waals surface area contributed by atoms with Crippen molar-refractivity contribution in [2.75, 3.05) is 19.4 Å². The Morgan fingerprint density at radius 2 is 1.15 bits per heavy atom. The third-order valence-corrected chi connectivity index (χ3v) is 17.0. The minimum absolute atomic E-state index is 0.602. The summed E-state index contributed by atoms with van der Waals surface area (Å²) >= 11 is 2.87. The van der Waals surface area contributed by atoms with Crippen molar-refractivity contribution in [3.63, 3.8) is 0 Å². The first-order chi connectivity index (χ1) is 12.7. The van der Waals surface area contributed by atoms with Crippen molar-refractivity contribution in [3.8, 4) is 0 Å². The van der Waals surface area contributed by atoms with Gasteiger partial charge in [0.25, 0.3) is 0 Å². The van der Waals surface area contributed by atoms with Gasteiger partial charge in [-0.25, -0.2) is 0 Å². The number of rotatable bonds is 5. The fourth-order valence-corrected chi connectivity index (χ4v) is 13.9. The van der Waals surface area contributed by atoms with E-state index in [-0.39, 0.29) is 0 Å². The second-order valence-electron chi connectivity index (χ2n) is 7.10. The SMILES string of the molecule is IP(CC1CCOC1)(c1ccccc1)(c1ccccc1)c1ccccc1. The zero-order chi connectivity index (χ0) is 17.9. The molecule has 1 fully saturated rings. The molecule has 0 N–H and O–H groups in total. The summed E-state index contributed by atoms with van der Waals surface area (Å²) in [6, 6.07) is 33.5. The van der Waals surface area contributed by atoms with Crippen LogP contribution < -0.4 is 15.9 Å². The molecule has 4 rings (SSSR count). The molecule has 1 heterocycles. The molecule has 0 aliphatic carbocycles. The second-order valence-corrected chi connectivity index (χ2v) is 17.8. The fourth-order valence-electron chi connectivity index (χ4n) is 4.19. The van der Waals surface area contributed by atoms with Gasteiger partial charge in [-0.15, -0.1) is 0 Å². The van der Waals surface area contributed by atoms with E-state index in [4.69, 9.17) is 4.74 Å². The van der Waals surface area contributed by atoms with E-state index in [1.165, 1.54) is 15.9 Å². The minimum atomic E-state index is -2.61. The summed E-state index contributed by atoms with van der Waals surface area (Å²) in [5, 5.41) is 4.38. The Labute approximate surface area is 169 Å². The summed E-state index contributed by atoms with van der Waals surface area (Å²) in [4.78, 5) is 0. The molecule has 3 heteroatoms. The first-order valence-electron chi connectivity index (χ1n) is 9.19. The number of benzene rings is 3. The van der Waals surface area contributed by atoms with Crippen molar-refractivity contribution in [1.82, 2.24) is 0 Å². The van der Waals surface area contributed by atoms with Crippen molar-refractivity contribution in [1.29, 1.82) is 0 Å². The van der Waals surface area contributed by atoms with Gasteiger partial charge in [-0.3, -0.25) is 0 Å². The van der Waals surface area contributed by atoms with Crippen molar-refractivity contribution >= 4 is 42.2 Å². The summed E-state index contributed by atoms with van der Waals surface area (Å²) in [7, 11) is 0. The molecule has 0 bridgehead atoms. The van der Waals surface area contributed by atoms with Gasteiger partial charge in [-0.2, -0.15) is 0 Å². The van der Waals surface area contributed by atoms with Crippen LogP contribution in [0.25, 0.3) is 0 Å². The van der Waals surface area contributed by atoms with Gasteiger partial charge in [0.2, 0.25) is 0 Å². The molecular weight excluding hydrogens is 450 g/mol. The molecule has 0 radical (unpaired) electrons. The molecule has 0 amide bonds. The van der Waals surface area contributed by atoms with Crippen LogP contribution in [0.5, 0.6) is 0 Å². The Morgan fingerprint density at radius 1 is 0.731 bits per heavy atom. The van der Waals surface area contributed by atoms with Gasteiger partial charge < -0.3 is 0 Å². The molecule has 1 saturated heterocycles. The Balaban J connectivity index is 2.03. The molecular formula is C23H24IOP. The summed E-state index contributed by atoms with van der Waals surface area (Å²) in [5.41, 5.74) is 0. The van der Waals surface area contributed by atoms with E-state index in [2.05, 4.69) is 113 Å². The van der Waals surface area contributed by atoms with Gasteiger partial charge in [0.05, 0.1) is 0 Å². The van der Waals surface area contributed by atoms with Crippen LogP contribution >= 0.6 is 26.3 Å². The van der Waals surface area contributed by atoms with Crippen LogP contribution in [-0.4, -0.2) is 19.4 Å². The summed E-state index contributed by atoms with van der Waals surface area (Å²) in [6.45, 7) is 1.78. The predicted molar refractivity (Wildman–Crippen MR) is 123 cm³/mol. The van der Waals surface area contributed by atoms with E-state index in [0.29, 0.717) is 5.92 Å². The molecule has 3 aromatic rings. The van der Waals surface area contributed by atoms with E-state index in [0.717, 1.165) is 25.8 Å². The monoisotopic (exact) mass is 474 g/mol. The molecule has 134 valence electrons. The van der Waals surface area contributed by atoms with Gasteiger partial charge in [0.1, 0.15) is 0 Å². The van der Waals surface area contributed by atoms with Crippen LogP contribution in [0, 0.1) is 5.92 Å². The van der Waals surface area contributed by atoms with E-state index >= 15 is 0 Å². The number of halogens is 1. The zero-order valence-corrected chi connectivity index (χ0v) is 17.9. The van der Waals surface area contributed by atoms with Crippen LogP contribution in [0.4, 0.5) is 0 Å². The standard InChI is InChI=1S/C23H24IOP/c24-26(19-20-16-17-25-18-20,21-10-4-1-5-11-21,22-12-6-2-7-13-22)23-14-8-3-9-15-23/h1-15,20H,16-19H2. The normalized spacial score (nSPS) is 19.0. The fraction of sp³-hybridized carbons (Fsp3) is 0.217. The van der Waals surface area contributed by atoms with Crippen LogP contribution in [0.1, 0.15) is 6.42 Å². The van der Waals surface area contributed by atoms with Crippen LogP contribution in [-0.2, 0) is 4.74 Å². The molecule has 1 nitrogen and oxygen atoms in total. The molecule has 1 aliphatic heterocycles. The van der Waals surface area contributed by atoms with Gasteiger partial charge in [0, 0.05) is 0 Å². The van der Waals surface area contributed by atoms with Crippen LogP contribution in [0.3, 0.4) is 0 Å². The second kappa shape index (κ2) is 7.42. The molecule has 0 saturated carbocycles. The number of ether oxygens (including phenoxy) is 1. The van der Waals surface area contributed by atoms with Crippen LogP contribution in [0.15, 0.2) is 91.0 Å². The molecule has 26 heavy (non-hydrogen) atoms. The summed E-state index contributed by atoms with van der Waals surface area (Å²) in [6.07, 6.45) is 2.32. The topological polar surface area (TPSA) is 9.23 Å². The van der Waals surface area contributed by atoms with E-state index < -0.39 is 4.25 Å². The predicted octanol–water partition coefficient (Wildman–Crippen LogP) is 4.90. The van der Waals surface area contributed by atoms with Crippen molar-refractivity contribution < 1.29 is 4.74 Å². The maximum atomic E-state index is 5.77. The Kier molecular flexibility index (Phi) is 5.18. The summed E-state index contributed by atoms with van der Waals surface area (Å²) < 4.78 is 3.16. The molecule has 3 aromatic carbocycles. The average molecular weight is 474 g/mol. The van der Waals surface area contributed by atoms with E-state index in [1.807, 2.05) is 0 Å². The number of hydrogen-bond donors (Lipinski definition) is 0. The molecule has 1 aliphatic rings. The Hall–Kier alpha value is -1.22. The van der Waals surface area contributed by atoms with Crippen molar-refractivity contribution in [3.05, 3.63) is 91.0 Å². The third kappa shape index (κ3) is 3.02. The maximum absolute atomic E-state index is 5.77. The van der Waals surface area contributed by atoms with Gasteiger partial charge in [-0.05, 0) is 0 Å². The molecule has 0 spiro atoms. The van der Waals surface area contributed by atoms with Gasteiger partial charge in [-0.1, -0.05) is 0 Å². The van der Waals surface area contributed by atoms with Gasteiger partial charge >= 0.3 is 170 Å². The molecule has 1 unspecified atom stereocenters. The van der Waals surface area contributed by atoms with Crippen molar-refractivity contribution in [2.45, 2.75) is 6.42 Å². The summed E-state index contributed by atoms with van der Waals surface area (Å²) in [5.74, 6) is 0.602. The zero-order valence-electron chi connectivity index (χ0n) is 14.8. The van der Waals surface area contributed by atoms with Crippen LogP contribution in [0.2, 0.25) is 0 Å². The first-order valence-corrected chi connectivity index (χ1v) is 14.4. The Bertz CT molecular complexity index is 746. The third-order valence-electron chi connectivity index (χ3n) is 5.51. The first kappa shape index (κ1) is 18.2. The molecule has 0 aromatic heterocycles. The van der Waals surface area contributed by atoms with Gasteiger partial charge in [0.15, 0.2) is 0 Å². The average Bonchev–Trinajstić information content (AvgIpc) is 3.23. The van der Waals surface area contributed by atoms with E-state index in [9.17, 15) is 0 Å². The quantitative estimate of drug-likeness (QED) is 0.378. The Morgan fingerprint density at radius 3 is 1.50 bits per heavy atom. The molecule has 1 atom stereocenters. The van der Waals surface area contributed by atoms with E-state index in [1.54, 1.807) is 0 Å². The number of hydrogen-bond acceptors (Lipinski definition) is 1.